The van der Waals surface area contributed by atoms with Crippen LogP contribution in [0.2, 0.25) is 5.02 Å². The first kappa shape index (κ1) is 20.4. The second-order valence-electron chi connectivity index (χ2n) is 6.72. The highest BCUT2D eigenvalue weighted by molar-refractivity contribution is 6.31. The molecular weight excluding hydrogens is 386 g/mol. The highest BCUT2D eigenvalue weighted by Crippen LogP contribution is 2.22. The third-order valence-corrected chi connectivity index (χ3v) is 4.82. The Morgan fingerprint density at radius 2 is 1.52 bits per heavy atom. The molecule has 6 heteroatoms. The number of carbonyl (C=O) groups is 2. The van der Waals surface area contributed by atoms with Crippen molar-refractivity contribution in [2.75, 3.05) is 22.5 Å². The smallest absolute Gasteiger partial charge is 0.255 e. The van der Waals surface area contributed by atoms with Crippen molar-refractivity contribution in [3.8, 4) is 0 Å². The maximum absolute atomic E-state index is 12.3. The van der Waals surface area contributed by atoms with Gasteiger partial charge in [-0.2, -0.15) is 0 Å². The first-order valence-corrected chi connectivity index (χ1v) is 9.57. The number of benzene rings is 3. The van der Waals surface area contributed by atoms with E-state index in [0.717, 1.165) is 16.8 Å². The fourth-order valence-corrected chi connectivity index (χ4v) is 2.98. The Morgan fingerprint density at radius 3 is 2.21 bits per heavy atom. The van der Waals surface area contributed by atoms with Gasteiger partial charge in [-0.15, -0.1) is 0 Å². The van der Waals surface area contributed by atoms with Crippen molar-refractivity contribution in [2.45, 2.75) is 13.8 Å². The molecule has 0 aliphatic rings. The summed E-state index contributed by atoms with van der Waals surface area (Å²) in [6, 6.07) is 19.9. The predicted octanol–water partition coefficient (Wildman–Crippen LogP) is 5.26. The van der Waals surface area contributed by atoms with E-state index in [1.165, 1.54) is 0 Å². The Labute approximate surface area is 175 Å². The van der Waals surface area contributed by atoms with E-state index in [4.69, 9.17) is 11.6 Å². The summed E-state index contributed by atoms with van der Waals surface area (Å²) in [5.41, 5.74) is 4.65. The van der Waals surface area contributed by atoms with Crippen LogP contribution >= 0.6 is 11.6 Å². The number of carbonyl (C=O) groups excluding carboxylic acids is 2. The minimum absolute atomic E-state index is 0.118. The van der Waals surface area contributed by atoms with Gasteiger partial charge in [0.1, 0.15) is 0 Å². The zero-order valence-electron chi connectivity index (χ0n) is 16.3. The molecular formula is C23H22ClN3O2. The highest BCUT2D eigenvalue weighted by Gasteiger charge is 2.08. The summed E-state index contributed by atoms with van der Waals surface area (Å²) < 4.78 is 0. The van der Waals surface area contributed by atoms with Gasteiger partial charge in [0.25, 0.3) is 5.91 Å². The number of anilines is 3. The second kappa shape index (κ2) is 9.26. The molecule has 29 heavy (non-hydrogen) atoms. The minimum atomic E-state index is -0.180. The summed E-state index contributed by atoms with van der Waals surface area (Å²) in [5.74, 6) is -0.354. The van der Waals surface area contributed by atoms with Crippen molar-refractivity contribution in [1.29, 1.82) is 0 Å². The van der Waals surface area contributed by atoms with Crippen LogP contribution in [-0.4, -0.2) is 18.4 Å². The molecule has 0 radical (unpaired) electrons. The largest absolute Gasteiger partial charge is 0.376 e. The molecule has 0 aliphatic carbocycles. The van der Waals surface area contributed by atoms with Gasteiger partial charge in [-0.25, -0.2) is 0 Å². The standard InChI is InChI=1S/C23H22ClN3O2/c1-15-5-3-6-17(13-15)23(29)27-19-11-9-18(10-12-19)26-22(28)14-25-21-8-4-7-20(24)16(21)2/h3-13,25H,14H2,1-2H3,(H,26,28)(H,27,29). The van der Waals surface area contributed by atoms with Crippen molar-refractivity contribution < 1.29 is 9.59 Å². The highest BCUT2D eigenvalue weighted by atomic mass is 35.5. The Hall–Kier alpha value is -3.31. The maximum atomic E-state index is 12.3. The van der Waals surface area contributed by atoms with Gasteiger partial charge in [0.2, 0.25) is 5.91 Å². The van der Waals surface area contributed by atoms with E-state index in [2.05, 4.69) is 16.0 Å². The normalized spacial score (nSPS) is 10.3. The van der Waals surface area contributed by atoms with Crippen LogP contribution in [0.4, 0.5) is 17.1 Å². The molecule has 0 heterocycles. The number of hydrogen-bond donors (Lipinski definition) is 3. The lowest BCUT2D eigenvalue weighted by molar-refractivity contribution is -0.114. The summed E-state index contributed by atoms with van der Waals surface area (Å²) in [4.78, 5) is 24.5. The summed E-state index contributed by atoms with van der Waals surface area (Å²) in [7, 11) is 0. The second-order valence-corrected chi connectivity index (χ2v) is 7.12. The molecule has 148 valence electrons. The van der Waals surface area contributed by atoms with Crippen LogP contribution in [0, 0.1) is 13.8 Å². The van der Waals surface area contributed by atoms with Gasteiger partial charge in [-0.05, 0) is 67.9 Å². The zero-order chi connectivity index (χ0) is 20.8. The molecule has 3 aromatic rings. The number of aryl methyl sites for hydroxylation is 1. The number of nitrogens with one attached hydrogen (secondary N) is 3. The zero-order valence-corrected chi connectivity index (χ0v) is 17.0. The number of halogens is 1. The summed E-state index contributed by atoms with van der Waals surface area (Å²) >= 11 is 6.09. The quantitative estimate of drug-likeness (QED) is 0.522. The Morgan fingerprint density at radius 1 is 0.862 bits per heavy atom. The van der Waals surface area contributed by atoms with Crippen LogP contribution in [0.25, 0.3) is 0 Å². The SMILES string of the molecule is Cc1cccc(C(=O)Nc2ccc(NC(=O)CNc3cccc(Cl)c3C)cc2)c1. The van der Waals surface area contributed by atoms with Crippen LogP contribution in [0.5, 0.6) is 0 Å². The molecule has 0 unspecified atom stereocenters. The third-order valence-electron chi connectivity index (χ3n) is 4.41. The van der Waals surface area contributed by atoms with Crippen LogP contribution in [0.15, 0.2) is 66.7 Å². The molecule has 0 aromatic heterocycles. The number of amides is 2. The molecule has 0 fully saturated rings. The lowest BCUT2D eigenvalue weighted by atomic mass is 10.1. The lowest BCUT2D eigenvalue weighted by Gasteiger charge is -2.11. The summed E-state index contributed by atoms with van der Waals surface area (Å²) in [5, 5.41) is 9.40. The van der Waals surface area contributed by atoms with E-state index in [9.17, 15) is 9.59 Å². The Bertz CT molecular complexity index is 1030. The van der Waals surface area contributed by atoms with Gasteiger partial charge in [0.05, 0.1) is 6.54 Å². The number of rotatable bonds is 6. The fourth-order valence-electron chi connectivity index (χ4n) is 2.81. The molecule has 0 spiro atoms. The van der Waals surface area contributed by atoms with E-state index in [0.29, 0.717) is 22.0 Å². The molecule has 3 N–H and O–H groups in total. The summed E-state index contributed by atoms with van der Waals surface area (Å²) in [6.07, 6.45) is 0. The third kappa shape index (κ3) is 5.59. The molecule has 0 saturated heterocycles. The molecule has 0 saturated carbocycles. The van der Waals surface area contributed by atoms with E-state index in [-0.39, 0.29) is 18.4 Å². The lowest BCUT2D eigenvalue weighted by Crippen LogP contribution is -2.22. The monoisotopic (exact) mass is 407 g/mol. The molecule has 3 rings (SSSR count). The predicted molar refractivity (Wildman–Crippen MR) is 119 cm³/mol. The van der Waals surface area contributed by atoms with E-state index in [1.54, 1.807) is 36.4 Å². The van der Waals surface area contributed by atoms with Gasteiger partial charge < -0.3 is 16.0 Å². The maximum Gasteiger partial charge on any atom is 0.255 e. The molecule has 0 bridgehead atoms. The molecule has 0 atom stereocenters. The molecule has 3 aromatic carbocycles. The first-order chi connectivity index (χ1) is 13.9. The topological polar surface area (TPSA) is 70.2 Å². The van der Waals surface area contributed by atoms with Crippen molar-refractivity contribution in [2.24, 2.45) is 0 Å². The average Bonchev–Trinajstić information content (AvgIpc) is 2.70. The van der Waals surface area contributed by atoms with Crippen molar-refractivity contribution in [3.05, 3.63) is 88.4 Å². The van der Waals surface area contributed by atoms with Crippen LogP contribution in [0.3, 0.4) is 0 Å². The van der Waals surface area contributed by atoms with Crippen molar-refractivity contribution >= 4 is 40.5 Å². The van der Waals surface area contributed by atoms with E-state index < -0.39 is 0 Å². The van der Waals surface area contributed by atoms with Crippen LogP contribution in [0.1, 0.15) is 21.5 Å². The van der Waals surface area contributed by atoms with Crippen LogP contribution in [-0.2, 0) is 4.79 Å². The van der Waals surface area contributed by atoms with Crippen molar-refractivity contribution in [1.82, 2.24) is 0 Å². The van der Waals surface area contributed by atoms with E-state index >= 15 is 0 Å². The minimum Gasteiger partial charge on any atom is -0.376 e. The van der Waals surface area contributed by atoms with Gasteiger partial charge in [-0.1, -0.05) is 35.4 Å². The van der Waals surface area contributed by atoms with Gasteiger partial charge >= 0.3 is 0 Å². The van der Waals surface area contributed by atoms with Crippen molar-refractivity contribution in [3.63, 3.8) is 0 Å². The Balaban J connectivity index is 1.54. The molecule has 2 amide bonds. The molecule has 0 aliphatic heterocycles. The molecule has 5 nitrogen and oxygen atoms in total. The average molecular weight is 408 g/mol. The van der Waals surface area contributed by atoms with Gasteiger partial charge in [0.15, 0.2) is 0 Å². The number of hydrogen-bond acceptors (Lipinski definition) is 3. The first-order valence-electron chi connectivity index (χ1n) is 9.19. The van der Waals surface area contributed by atoms with Crippen LogP contribution < -0.4 is 16.0 Å². The van der Waals surface area contributed by atoms with E-state index in [1.807, 2.05) is 44.2 Å². The summed E-state index contributed by atoms with van der Waals surface area (Å²) in [6.45, 7) is 3.95. The Kier molecular flexibility index (Phi) is 6.52. The van der Waals surface area contributed by atoms with Gasteiger partial charge in [-0.3, -0.25) is 9.59 Å². The fraction of sp³-hybridized carbons (Fsp3) is 0.130. The van der Waals surface area contributed by atoms with Gasteiger partial charge in [0, 0.05) is 27.6 Å².